The molecular formula is C20H16ClNO3. The molecule has 0 radical (unpaired) electrons. The van der Waals surface area contributed by atoms with Crippen molar-refractivity contribution >= 4 is 28.7 Å². The predicted octanol–water partition coefficient (Wildman–Crippen LogP) is 3.46. The van der Waals surface area contributed by atoms with E-state index in [0.29, 0.717) is 59.3 Å². The molecule has 1 aliphatic carbocycles. The maximum Gasteiger partial charge on any atom is 0.210 e. The number of carbonyl (C=O) groups is 2. The van der Waals surface area contributed by atoms with Gasteiger partial charge in [-0.15, -0.1) is 0 Å². The van der Waals surface area contributed by atoms with E-state index in [2.05, 4.69) is 0 Å². The van der Waals surface area contributed by atoms with Gasteiger partial charge in [0.2, 0.25) is 5.78 Å². The molecule has 1 aliphatic heterocycles. The Kier molecular flexibility index (Phi) is 4.15. The molecule has 0 atom stereocenters. The van der Waals surface area contributed by atoms with E-state index in [9.17, 15) is 9.59 Å². The Morgan fingerprint density at radius 1 is 0.840 bits per heavy atom. The monoisotopic (exact) mass is 353 g/mol. The Balaban J connectivity index is 1.93. The number of fused-ring (bicyclic) bond motifs is 1. The molecule has 1 fully saturated rings. The van der Waals surface area contributed by atoms with Crippen LogP contribution in [-0.2, 0) is 4.74 Å². The maximum atomic E-state index is 13.2. The van der Waals surface area contributed by atoms with Crippen LogP contribution in [0.15, 0.2) is 54.2 Å². The van der Waals surface area contributed by atoms with E-state index >= 15 is 0 Å². The van der Waals surface area contributed by atoms with Crippen LogP contribution in [0.2, 0.25) is 5.02 Å². The van der Waals surface area contributed by atoms with Crippen molar-refractivity contribution in [2.75, 3.05) is 26.3 Å². The van der Waals surface area contributed by atoms with Gasteiger partial charge in [-0.1, -0.05) is 48.0 Å². The van der Waals surface area contributed by atoms with Crippen molar-refractivity contribution in [2.45, 2.75) is 0 Å². The van der Waals surface area contributed by atoms with Crippen LogP contribution in [0.3, 0.4) is 0 Å². The topological polar surface area (TPSA) is 46.6 Å². The second-order valence-electron chi connectivity index (χ2n) is 6.03. The van der Waals surface area contributed by atoms with E-state index in [0.717, 1.165) is 0 Å². The molecule has 0 N–H and O–H groups in total. The number of ketones is 2. The number of rotatable bonds is 2. The molecule has 25 heavy (non-hydrogen) atoms. The van der Waals surface area contributed by atoms with Gasteiger partial charge in [0, 0.05) is 29.2 Å². The predicted molar refractivity (Wildman–Crippen MR) is 95.9 cm³/mol. The first kappa shape index (κ1) is 16.1. The molecule has 0 unspecified atom stereocenters. The summed E-state index contributed by atoms with van der Waals surface area (Å²) in [4.78, 5) is 28.4. The van der Waals surface area contributed by atoms with Crippen LogP contribution in [0.25, 0.3) is 5.57 Å². The minimum absolute atomic E-state index is 0.109. The number of benzene rings is 2. The minimum atomic E-state index is -0.126. The smallest absolute Gasteiger partial charge is 0.210 e. The highest BCUT2D eigenvalue weighted by Gasteiger charge is 2.36. The zero-order valence-corrected chi connectivity index (χ0v) is 14.3. The Morgan fingerprint density at radius 3 is 2.08 bits per heavy atom. The van der Waals surface area contributed by atoms with Crippen LogP contribution in [0.4, 0.5) is 0 Å². The highest BCUT2D eigenvalue weighted by atomic mass is 35.5. The number of hydrogen-bond donors (Lipinski definition) is 0. The summed E-state index contributed by atoms with van der Waals surface area (Å²) in [6, 6.07) is 14.0. The van der Waals surface area contributed by atoms with Crippen LogP contribution in [0.5, 0.6) is 0 Å². The number of allylic oxidation sites excluding steroid dienone is 2. The SMILES string of the molecule is O=C1C(c2ccc(Cl)cc2)=C(N2CCOCC2)C(=O)c2ccccc21. The number of hydrogen-bond acceptors (Lipinski definition) is 4. The van der Waals surface area contributed by atoms with Crippen molar-refractivity contribution in [3.05, 3.63) is 75.9 Å². The quantitative estimate of drug-likeness (QED) is 0.829. The summed E-state index contributed by atoms with van der Waals surface area (Å²) in [6.07, 6.45) is 0. The second-order valence-corrected chi connectivity index (χ2v) is 6.47. The third-order valence-electron chi connectivity index (χ3n) is 4.56. The number of ether oxygens (including phenoxy) is 1. The van der Waals surface area contributed by atoms with E-state index in [4.69, 9.17) is 16.3 Å². The molecule has 126 valence electrons. The minimum Gasteiger partial charge on any atom is -0.378 e. The fourth-order valence-electron chi connectivity index (χ4n) is 3.34. The standard InChI is InChI=1S/C20H16ClNO3/c21-14-7-5-13(6-8-14)17-18(22-9-11-25-12-10-22)20(24)16-4-2-1-3-15(16)19(17)23/h1-8H,9-12H2. The van der Waals surface area contributed by atoms with Crippen LogP contribution in [-0.4, -0.2) is 42.8 Å². The molecule has 0 aromatic heterocycles. The normalized spacial score (nSPS) is 17.7. The Bertz CT molecular complexity index is 880. The van der Waals surface area contributed by atoms with E-state index in [1.54, 1.807) is 48.5 Å². The van der Waals surface area contributed by atoms with Crippen LogP contribution in [0, 0.1) is 0 Å². The van der Waals surface area contributed by atoms with E-state index in [1.807, 2.05) is 4.90 Å². The number of carbonyl (C=O) groups excluding carboxylic acids is 2. The van der Waals surface area contributed by atoms with Crippen molar-refractivity contribution in [1.82, 2.24) is 4.90 Å². The van der Waals surface area contributed by atoms with Gasteiger partial charge in [-0.05, 0) is 17.7 Å². The number of morpholine rings is 1. The number of halogens is 1. The van der Waals surface area contributed by atoms with E-state index in [1.165, 1.54) is 0 Å². The number of Topliss-reactive ketones (excluding diaryl/α,β-unsaturated/α-hetero) is 2. The summed E-state index contributed by atoms with van der Waals surface area (Å²) < 4.78 is 5.40. The van der Waals surface area contributed by atoms with Gasteiger partial charge in [-0.2, -0.15) is 0 Å². The first-order valence-corrected chi connectivity index (χ1v) is 8.56. The van der Waals surface area contributed by atoms with Crippen LogP contribution in [0.1, 0.15) is 26.3 Å². The zero-order chi connectivity index (χ0) is 17.4. The van der Waals surface area contributed by atoms with Crippen molar-refractivity contribution in [2.24, 2.45) is 0 Å². The lowest BCUT2D eigenvalue weighted by atomic mass is 9.83. The first-order valence-electron chi connectivity index (χ1n) is 8.18. The Labute approximate surface area is 150 Å². The third-order valence-corrected chi connectivity index (χ3v) is 4.81. The van der Waals surface area contributed by atoms with Crippen LogP contribution < -0.4 is 0 Å². The second kappa shape index (κ2) is 6.47. The highest BCUT2D eigenvalue weighted by Crippen LogP contribution is 2.34. The van der Waals surface area contributed by atoms with Crippen molar-refractivity contribution in [1.29, 1.82) is 0 Å². The lowest BCUT2D eigenvalue weighted by Gasteiger charge is -2.34. The first-order chi connectivity index (χ1) is 12.2. The Morgan fingerprint density at radius 2 is 1.44 bits per heavy atom. The maximum absolute atomic E-state index is 13.2. The average Bonchev–Trinajstić information content (AvgIpc) is 2.66. The largest absolute Gasteiger partial charge is 0.378 e. The molecule has 0 bridgehead atoms. The molecule has 2 aromatic rings. The zero-order valence-electron chi connectivity index (χ0n) is 13.5. The molecule has 5 heteroatoms. The van der Waals surface area contributed by atoms with Gasteiger partial charge in [0.15, 0.2) is 5.78 Å². The molecular weight excluding hydrogens is 338 g/mol. The average molecular weight is 354 g/mol. The highest BCUT2D eigenvalue weighted by molar-refractivity contribution is 6.40. The fourth-order valence-corrected chi connectivity index (χ4v) is 3.46. The lowest BCUT2D eigenvalue weighted by molar-refractivity contribution is 0.0506. The van der Waals surface area contributed by atoms with Gasteiger partial charge in [0.25, 0.3) is 0 Å². The summed E-state index contributed by atoms with van der Waals surface area (Å²) in [5, 5.41) is 0.590. The molecule has 2 aromatic carbocycles. The number of nitrogens with zero attached hydrogens (tertiary/aromatic N) is 1. The van der Waals surface area contributed by atoms with Gasteiger partial charge < -0.3 is 9.64 Å². The van der Waals surface area contributed by atoms with Gasteiger partial charge >= 0.3 is 0 Å². The molecule has 0 saturated carbocycles. The third kappa shape index (κ3) is 2.77. The summed E-state index contributed by atoms with van der Waals surface area (Å²) in [5.41, 5.74) is 2.54. The molecule has 4 nitrogen and oxygen atoms in total. The van der Waals surface area contributed by atoms with Gasteiger partial charge in [0.1, 0.15) is 0 Å². The van der Waals surface area contributed by atoms with E-state index < -0.39 is 0 Å². The summed E-state index contributed by atoms with van der Waals surface area (Å²) >= 11 is 5.99. The van der Waals surface area contributed by atoms with Crippen molar-refractivity contribution < 1.29 is 14.3 Å². The summed E-state index contributed by atoms with van der Waals surface area (Å²) in [5.74, 6) is -0.235. The fraction of sp³-hybridized carbons (Fsp3) is 0.200. The van der Waals surface area contributed by atoms with Gasteiger partial charge in [-0.25, -0.2) is 0 Å². The Hall–Kier alpha value is -2.43. The molecule has 1 saturated heterocycles. The molecule has 2 aliphatic rings. The van der Waals surface area contributed by atoms with E-state index in [-0.39, 0.29) is 11.6 Å². The molecule has 0 amide bonds. The molecule has 0 spiro atoms. The van der Waals surface area contributed by atoms with Crippen molar-refractivity contribution in [3.8, 4) is 0 Å². The van der Waals surface area contributed by atoms with Gasteiger partial charge in [-0.3, -0.25) is 9.59 Å². The van der Waals surface area contributed by atoms with Crippen LogP contribution >= 0.6 is 11.6 Å². The lowest BCUT2D eigenvalue weighted by Crippen LogP contribution is -2.40. The summed E-state index contributed by atoms with van der Waals surface area (Å²) in [6.45, 7) is 2.27. The molecule has 4 rings (SSSR count). The summed E-state index contributed by atoms with van der Waals surface area (Å²) in [7, 11) is 0. The van der Waals surface area contributed by atoms with Gasteiger partial charge in [0.05, 0.1) is 24.5 Å². The van der Waals surface area contributed by atoms with Crippen molar-refractivity contribution in [3.63, 3.8) is 0 Å². The molecule has 1 heterocycles.